The zero-order chi connectivity index (χ0) is 22.1. The van der Waals surface area contributed by atoms with Crippen molar-refractivity contribution < 1.29 is 19.7 Å². The van der Waals surface area contributed by atoms with Crippen molar-refractivity contribution in [2.24, 2.45) is 35.0 Å². The molecule has 0 radical (unpaired) electrons. The lowest BCUT2D eigenvalue weighted by Gasteiger charge is -2.58. The van der Waals surface area contributed by atoms with Crippen LogP contribution in [-0.2, 0) is 9.53 Å². The number of fused-ring (bicyclic) bond motifs is 3. The Balaban J connectivity index is 1.45. The molecule has 0 aromatic heterocycles. The highest BCUT2D eigenvalue weighted by atomic mass is 16.5. The summed E-state index contributed by atoms with van der Waals surface area (Å²) in [6, 6.07) is 0. The van der Waals surface area contributed by atoms with Crippen molar-refractivity contribution in [1.82, 2.24) is 4.90 Å². The van der Waals surface area contributed by atoms with Crippen LogP contribution in [-0.4, -0.2) is 66.0 Å². The number of ether oxygens (including phenoxy) is 1. The van der Waals surface area contributed by atoms with Gasteiger partial charge in [-0.05, 0) is 93.8 Å². The zero-order valence-corrected chi connectivity index (χ0v) is 19.9. The number of nitrogens with zero attached hydrogens (tertiary/aromatic N) is 1. The van der Waals surface area contributed by atoms with Crippen LogP contribution in [0, 0.1) is 35.0 Å². The van der Waals surface area contributed by atoms with E-state index in [0.717, 1.165) is 84.1 Å². The van der Waals surface area contributed by atoms with E-state index in [1.165, 1.54) is 6.42 Å². The first-order valence-corrected chi connectivity index (χ1v) is 13.0. The lowest BCUT2D eigenvalue weighted by molar-refractivity contribution is -0.146. The highest BCUT2D eigenvalue weighted by molar-refractivity contribution is 5.83. The largest absolute Gasteiger partial charge is 0.396 e. The fourth-order valence-corrected chi connectivity index (χ4v) is 7.79. The molecule has 4 rings (SSSR count). The van der Waals surface area contributed by atoms with Gasteiger partial charge in [0.1, 0.15) is 5.78 Å². The van der Waals surface area contributed by atoms with Crippen molar-refractivity contribution >= 4 is 5.78 Å². The van der Waals surface area contributed by atoms with E-state index in [4.69, 9.17) is 4.74 Å². The maximum Gasteiger partial charge on any atom is 0.149 e. The van der Waals surface area contributed by atoms with E-state index in [1.807, 2.05) is 6.92 Å². The van der Waals surface area contributed by atoms with Crippen molar-refractivity contribution in [3.05, 3.63) is 0 Å². The summed E-state index contributed by atoms with van der Waals surface area (Å²) in [5.41, 5.74) is -0.589. The number of carbonyl (C=O) groups is 1. The fraction of sp³-hybridized carbons (Fsp3) is 0.962. The Morgan fingerprint density at radius 1 is 1.06 bits per heavy atom. The minimum atomic E-state index is -0.572. The Labute approximate surface area is 188 Å². The molecule has 7 atom stereocenters. The van der Waals surface area contributed by atoms with E-state index in [0.29, 0.717) is 36.0 Å². The summed E-state index contributed by atoms with van der Waals surface area (Å²) in [4.78, 5) is 15.4. The van der Waals surface area contributed by atoms with Gasteiger partial charge in [-0.1, -0.05) is 13.3 Å². The molecule has 1 saturated heterocycles. The number of morpholine rings is 1. The summed E-state index contributed by atoms with van der Waals surface area (Å²) in [7, 11) is 0. The van der Waals surface area contributed by atoms with E-state index in [1.54, 1.807) is 0 Å². The van der Waals surface area contributed by atoms with Crippen LogP contribution in [0.3, 0.4) is 0 Å². The number of carbonyl (C=O) groups excluding carboxylic acids is 1. The molecular formula is C26H45NO4. The molecule has 0 aromatic rings. The van der Waals surface area contributed by atoms with Gasteiger partial charge < -0.3 is 14.9 Å². The average Bonchev–Trinajstić information content (AvgIpc) is 2.83. The normalized spacial score (nSPS) is 45.0. The van der Waals surface area contributed by atoms with Crippen molar-refractivity contribution in [2.75, 3.05) is 39.5 Å². The third-order valence-corrected chi connectivity index (χ3v) is 9.73. The number of Topliss-reactive ketones (excluding diaryl/α,β-unsaturated/α-hetero) is 1. The van der Waals surface area contributed by atoms with Gasteiger partial charge in [0.25, 0.3) is 0 Å². The molecule has 0 spiro atoms. The topological polar surface area (TPSA) is 70.0 Å². The van der Waals surface area contributed by atoms with Gasteiger partial charge in [0.15, 0.2) is 0 Å². The van der Waals surface area contributed by atoms with Crippen LogP contribution < -0.4 is 0 Å². The standard InChI is InChI=1S/C26H45NO4/c1-19-6-7-20(24(29)17-27-12-14-31-15-13-27)4-3-5-23-22(19)9-8-21-16-25(2,30)10-11-26(21,23)18-28/h19-23,28,30H,3-18H2,1-2H3/t19?,20-,21+,22+,23?,25-,26-/m1/s1. The second kappa shape index (κ2) is 9.79. The smallest absolute Gasteiger partial charge is 0.149 e. The second-order valence-electron chi connectivity index (χ2n) is 11.7. The van der Waals surface area contributed by atoms with Gasteiger partial charge in [0, 0.05) is 25.6 Å². The molecule has 2 N–H and O–H groups in total. The lowest BCUT2D eigenvalue weighted by Crippen LogP contribution is -2.55. The van der Waals surface area contributed by atoms with Gasteiger partial charge in [-0.15, -0.1) is 0 Å². The molecule has 5 heteroatoms. The van der Waals surface area contributed by atoms with Gasteiger partial charge in [0.05, 0.1) is 25.4 Å². The Kier molecular flexibility index (Phi) is 7.47. The third kappa shape index (κ3) is 5.05. The van der Waals surface area contributed by atoms with Crippen molar-refractivity contribution in [3.8, 4) is 0 Å². The first kappa shape index (κ1) is 23.7. The number of rotatable bonds is 4. The molecule has 5 nitrogen and oxygen atoms in total. The van der Waals surface area contributed by atoms with Gasteiger partial charge in [-0.2, -0.15) is 0 Å². The molecule has 178 valence electrons. The molecule has 31 heavy (non-hydrogen) atoms. The summed E-state index contributed by atoms with van der Waals surface area (Å²) >= 11 is 0. The Morgan fingerprint density at radius 3 is 2.58 bits per heavy atom. The van der Waals surface area contributed by atoms with Crippen molar-refractivity contribution in [2.45, 2.75) is 83.7 Å². The Bertz CT molecular complexity index is 617. The number of aliphatic hydroxyl groups excluding tert-OH is 1. The van der Waals surface area contributed by atoms with Gasteiger partial charge in [0.2, 0.25) is 0 Å². The van der Waals surface area contributed by atoms with Crippen LogP contribution in [0.1, 0.15) is 78.1 Å². The lowest BCUT2D eigenvalue weighted by atomic mass is 9.48. The first-order valence-electron chi connectivity index (χ1n) is 13.0. The summed E-state index contributed by atoms with van der Waals surface area (Å²) in [6.45, 7) is 8.49. The van der Waals surface area contributed by atoms with E-state index in [9.17, 15) is 15.0 Å². The van der Waals surface area contributed by atoms with Gasteiger partial charge >= 0.3 is 0 Å². The minimum Gasteiger partial charge on any atom is -0.396 e. The molecule has 4 aliphatic rings. The van der Waals surface area contributed by atoms with Gasteiger partial charge in [-0.25, -0.2) is 0 Å². The SMILES string of the molecule is CC1CC[C@H](C(=O)CN2CCOCC2)CCCC2[C@H]1CC[C@H]1C[C@](C)(O)CC[C@]21CO. The monoisotopic (exact) mass is 435 g/mol. The molecular weight excluding hydrogens is 390 g/mol. The quantitative estimate of drug-likeness (QED) is 0.705. The minimum absolute atomic E-state index is 0.0168. The van der Waals surface area contributed by atoms with Crippen LogP contribution in [0.25, 0.3) is 0 Å². The van der Waals surface area contributed by atoms with Crippen molar-refractivity contribution in [3.63, 3.8) is 0 Å². The predicted octanol–water partition coefficient (Wildman–Crippen LogP) is 3.66. The van der Waals surface area contributed by atoms with Crippen LogP contribution in [0.5, 0.6) is 0 Å². The van der Waals surface area contributed by atoms with Crippen LogP contribution in [0.4, 0.5) is 0 Å². The first-order chi connectivity index (χ1) is 14.8. The molecule has 0 bridgehead atoms. The molecule has 1 aliphatic heterocycles. The summed E-state index contributed by atoms with van der Waals surface area (Å²) in [6.07, 6.45) is 10.4. The van der Waals surface area contributed by atoms with E-state index in [-0.39, 0.29) is 17.9 Å². The van der Waals surface area contributed by atoms with Crippen LogP contribution in [0.2, 0.25) is 0 Å². The molecule has 0 aromatic carbocycles. The van der Waals surface area contributed by atoms with E-state index >= 15 is 0 Å². The average molecular weight is 436 g/mol. The van der Waals surface area contributed by atoms with Crippen molar-refractivity contribution in [1.29, 1.82) is 0 Å². The second-order valence-corrected chi connectivity index (χ2v) is 11.7. The maximum absolute atomic E-state index is 13.1. The maximum atomic E-state index is 13.1. The number of ketones is 1. The summed E-state index contributed by atoms with van der Waals surface area (Å²) in [5, 5.41) is 21.4. The highest BCUT2D eigenvalue weighted by Gasteiger charge is 2.55. The van der Waals surface area contributed by atoms with E-state index in [2.05, 4.69) is 11.8 Å². The Morgan fingerprint density at radius 2 is 1.84 bits per heavy atom. The number of hydrogen-bond donors (Lipinski definition) is 2. The predicted molar refractivity (Wildman–Crippen MR) is 122 cm³/mol. The molecule has 2 unspecified atom stereocenters. The molecule has 3 aliphatic carbocycles. The summed E-state index contributed by atoms with van der Waals surface area (Å²) in [5.74, 6) is 2.86. The number of hydrogen-bond acceptors (Lipinski definition) is 5. The number of aliphatic hydroxyl groups is 2. The molecule has 3 saturated carbocycles. The Hall–Kier alpha value is -0.490. The zero-order valence-electron chi connectivity index (χ0n) is 19.9. The third-order valence-electron chi connectivity index (χ3n) is 9.73. The summed E-state index contributed by atoms with van der Waals surface area (Å²) < 4.78 is 5.44. The van der Waals surface area contributed by atoms with Crippen LogP contribution >= 0.6 is 0 Å². The fourth-order valence-electron chi connectivity index (χ4n) is 7.79. The van der Waals surface area contributed by atoms with Gasteiger partial charge in [-0.3, -0.25) is 9.69 Å². The van der Waals surface area contributed by atoms with Crippen LogP contribution in [0.15, 0.2) is 0 Å². The molecule has 0 amide bonds. The molecule has 1 heterocycles. The van der Waals surface area contributed by atoms with E-state index < -0.39 is 5.60 Å². The highest BCUT2D eigenvalue weighted by Crippen LogP contribution is 2.60. The molecule has 4 fully saturated rings.